The van der Waals surface area contributed by atoms with Gasteiger partial charge in [-0.1, -0.05) is 18.2 Å². The zero-order valence-corrected chi connectivity index (χ0v) is 10.6. The minimum absolute atomic E-state index is 0.107. The van der Waals surface area contributed by atoms with E-state index in [2.05, 4.69) is 17.6 Å². The highest BCUT2D eigenvalue weighted by molar-refractivity contribution is 5.79. The van der Waals surface area contributed by atoms with Crippen LogP contribution in [0.5, 0.6) is 0 Å². The van der Waals surface area contributed by atoms with Crippen molar-refractivity contribution in [2.45, 2.75) is 38.3 Å². The van der Waals surface area contributed by atoms with Crippen LogP contribution in [0.3, 0.4) is 0 Å². The second-order valence-corrected chi connectivity index (χ2v) is 4.83. The molecular weight excluding hydrogens is 231 g/mol. The smallest absolute Gasteiger partial charge is 0.224 e. The lowest BCUT2D eigenvalue weighted by atomic mass is 9.99. The van der Waals surface area contributed by atoms with Crippen molar-refractivity contribution in [3.8, 4) is 0 Å². The van der Waals surface area contributed by atoms with Crippen molar-refractivity contribution >= 4 is 5.91 Å². The lowest BCUT2D eigenvalue weighted by molar-refractivity contribution is -0.121. The van der Waals surface area contributed by atoms with Crippen molar-refractivity contribution in [3.05, 3.63) is 35.6 Å². The third kappa shape index (κ3) is 3.29. The molecule has 2 atom stereocenters. The molecule has 1 fully saturated rings. The number of halogens is 1. The Labute approximate surface area is 107 Å². The summed E-state index contributed by atoms with van der Waals surface area (Å²) in [4.78, 5) is 11.9. The summed E-state index contributed by atoms with van der Waals surface area (Å²) in [5.74, 6) is -0.428. The highest BCUT2D eigenvalue weighted by Crippen LogP contribution is 2.10. The molecule has 2 rings (SSSR count). The van der Waals surface area contributed by atoms with Crippen molar-refractivity contribution in [3.63, 3.8) is 0 Å². The van der Waals surface area contributed by atoms with E-state index in [0.29, 0.717) is 5.56 Å². The van der Waals surface area contributed by atoms with E-state index in [0.717, 1.165) is 19.4 Å². The second kappa shape index (κ2) is 5.96. The summed E-state index contributed by atoms with van der Waals surface area (Å²) in [5.41, 5.74) is 0.450. The zero-order chi connectivity index (χ0) is 13.0. The monoisotopic (exact) mass is 250 g/mol. The quantitative estimate of drug-likeness (QED) is 0.856. The van der Waals surface area contributed by atoms with Crippen molar-refractivity contribution in [1.82, 2.24) is 10.6 Å². The molecule has 0 unspecified atom stereocenters. The molecule has 1 aromatic carbocycles. The number of amides is 1. The number of hydrogen-bond donors (Lipinski definition) is 2. The van der Waals surface area contributed by atoms with Crippen LogP contribution in [0.25, 0.3) is 0 Å². The Kier molecular flexibility index (Phi) is 4.31. The van der Waals surface area contributed by atoms with Crippen LogP contribution in [0.4, 0.5) is 4.39 Å². The molecule has 18 heavy (non-hydrogen) atoms. The van der Waals surface area contributed by atoms with E-state index in [1.807, 2.05) is 0 Å². The SMILES string of the molecule is C[C@@H]1NCCC[C@@H]1NC(=O)Cc1ccccc1F. The zero-order valence-electron chi connectivity index (χ0n) is 10.6. The minimum atomic E-state index is -0.317. The van der Waals surface area contributed by atoms with Gasteiger partial charge in [-0.25, -0.2) is 4.39 Å². The summed E-state index contributed by atoms with van der Waals surface area (Å²) in [6.45, 7) is 3.06. The second-order valence-electron chi connectivity index (χ2n) is 4.83. The molecule has 0 radical (unpaired) electrons. The van der Waals surface area contributed by atoms with Crippen molar-refractivity contribution in [1.29, 1.82) is 0 Å². The predicted octanol–water partition coefficient (Wildman–Crippen LogP) is 1.62. The summed E-state index contributed by atoms with van der Waals surface area (Å²) in [5, 5.41) is 6.30. The van der Waals surface area contributed by atoms with E-state index >= 15 is 0 Å². The Balaban J connectivity index is 1.90. The van der Waals surface area contributed by atoms with Gasteiger partial charge < -0.3 is 10.6 Å². The molecule has 3 nitrogen and oxygen atoms in total. The first-order valence-corrected chi connectivity index (χ1v) is 6.43. The minimum Gasteiger partial charge on any atom is -0.352 e. The van der Waals surface area contributed by atoms with E-state index in [4.69, 9.17) is 0 Å². The number of hydrogen-bond acceptors (Lipinski definition) is 2. The van der Waals surface area contributed by atoms with Gasteiger partial charge in [0.05, 0.1) is 6.42 Å². The molecule has 1 amide bonds. The Bertz CT molecular complexity index is 422. The Morgan fingerprint density at radius 1 is 1.50 bits per heavy atom. The Morgan fingerprint density at radius 2 is 2.28 bits per heavy atom. The fourth-order valence-corrected chi connectivity index (χ4v) is 2.31. The Hall–Kier alpha value is -1.42. The fourth-order valence-electron chi connectivity index (χ4n) is 2.31. The first-order valence-electron chi connectivity index (χ1n) is 6.43. The molecule has 1 heterocycles. The van der Waals surface area contributed by atoms with Crippen molar-refractivity contribution in [2.75, 3.05) is 6.54 Å². The van der Waals surface area contributed by atoms with Gasteiger partial charge in [-0.2, -0.15) is 0 Å². The van der Waals surface area contributed by atoms with Gasteiger partial charge in [-0.15, -0.1) is 0 Å². The van der Waals surface area contributed by atoms with Gasteiger partial charge in [0.15, 0.2) is 0 Å². The average molecular weight is 250 g/mol. The molecule has 1 aliphatic heterocycles. The lowest BCUT2D eigenvalue weighted by Crippen LogP contribution is -2.52. The van der Waals surface area contributed by atoms with E-state index in [-0.39, 0.29) is 30.2 Å². The summed E-state index contributed by atoms with van der Waals surface area (Å²) in [6, 6.07) is 6.84. The van der Waals surface area contributed by atoms with E-state index in [1.54, 1.807) is 18.2 Å². The van der Waals surface area contributed by atoms with Crippen LogP contribution in [-0.4, -0.2) is 24.5 Å². The summed E-state index contributed by atoms with van der Waals surface area (Å²) in [7, 11) is 0. The topological polar surface area (TPSA) is 41.1 Å². The maximum Gasteiger partial charge on any atom is 0.224 e. The molecule has 0 bridgehead atoms. The molecule has 0 spiro atoms. The maximum atomic E-state index is 13.4. The van der Waals surface area contributed by atoms with Gasteiger partial charge in [-0.05, 0) is 37.9 Å². The number of piperidine rings is 1. The van der Waals surface area contributed by atoms with Gasteiger partial charge in [0, 0.05) is 12.1 Å². The van der Waals surface area contributed by atoms with Gasteiger partial charge in [0.1, 0.15) is 5.82 Å². The number of carbonyl (C=O) groups is 1. The highest BCUT2D eigenvalue weighted by Gasteiger charge is 2.22. The van der Waals surface area contributed by atoms with Gasteiger partial charge in [-0.3, -0.25) is 4.79 Å². The molecule has 0 aliphatic carbocycles. The van der Waals surface area contributed by atoms with Crippen LogP contribution in [0.2, 0.25) is 0 Å². The molecule has 98 valence electrons. The molecule has 0 saturated carbocycles. The molecule has 0 aromatic heterocycles. The van der Waals surface area contributed by atoms with Crippen LogP contribution in [-0.2, 0) is 11.2 Å². The van der Waals surface area contributed by atoms with Gasteiger partial charge >= 0.3 is 0 Å². The van der Waals surface area contributed by atoms with Crippen molar-refractivity contribution in [2.24, 2.45) is 0 Å². The van der Waals surface area contributed by atoms with Crippen LogP contribution < -0.4 is 10.6 Å². The lowest BCUT2D eigenvalue weighted by Gasteiger charge is -2.30. The fraction of sp³-hybridized carbons (Fsp3) is 0.500. The van der Waals surface area contributed by atoms with Crippen molar-refractivity contribution < 1.29 is 9.18 Å². The molecule has 2 N–H and O–H groups in total. The van der Waals surface area contributed by atoms with Gasteiger partial charge in [0.2, 0.25) is 5.91 Å². The number of carbonyl (C=O) groups excluding carboxylic acids is 1. The standard InChI is InChI=1S/C14H19FN2O/c1-10-13(7-4-8-16-10)17-14(18)9-11-5-2-3-6-12(11)15/h2-3,5-6,10,13,16H,4,7-9H2,1H3,(H,17,18)/t10-,13-/m0/s1. The first-order chi connectivity index (χ1) is 8.66. The normalized spacial score (nSPS) is 23.7. The third-order valence-corrected chi connectivity index (χ3v) is 3.42. The summed E-state index contributed by atoms with van der Waals surface area (Å²) in [6.07, 6.45) is 2.15. The number of nitrogens with one attached hydrogen (secondary N) is 2. The molecule has 4 heteroatoms. The Morgan fingerprint density at radius 3 is 3.00 bits per heavy atom. The number of benzene rings is 1. The predicted molar refractivity (Wildman–Crippen MR) is 68.7 cm³/mol. The first kappa shape index (κ1) is 13.0. The van der Waals surface area contributed by atoms with Crippen LogP contribution in [0.15, 0.2) is 24.3 Å². The molecule has 1 aromatic rings. The highest BCUT2D eigenvalue weighted by atomic mass is 19.1. The van der Waals surface area contributed by atoms with Crippen LogP contribution in [0, 0.1) is 5.82 Å². The number of rotatable bonds is 3. The van der Waals surface area contributed by atoms with Gasteiger partial charge in [0.25, 0.3) is 0 Å². The average Bonchev–Trinajstić information content (AvgIpc) is 2.35. The van der Waals surface area contributed by atoms with E-state index in [9.17, 15) is 9.18 Å². The molecular formula is C14H19FN2O. The molecule has 1 aliphatic rings. The maximum absolute atomic E-state index is 13.4. The third-order valence-electron chi connectivity index (χ3n) is 3.42. The van der Waals surface area contributed by atoms with Crippen LogP contribution >= 0.6 is 0 Å². The van der Waals surface area contributed by atoms with E-state index < -0.39 is 0 Å². The molecule has 1 saturated heterocycles. The summed E-state index contributed by atoms with van der Waals surface area (Å²) >= 11 is 0. The van der Waals surface area contributed by atoms with E-state index in [1.165, 1.54) is 6.07 Å². The largest absolute Gasteiger partial charge is 0.352 e. The van der Waals surface area contributed by atoms with Crippen LogP contribution in [0.1, 0.15) is 25.3 Å². The summed E-state index contributed by atoms with van der Waals surface area (Å²) < 4.78 is 13.4.